The van der Waals surface area contributed by atoms with Gasteiger partial charge in [-0.3, -0.25) is 0 Å². The van der Waals surface area contributed by atoms with E-state index in [-0.39, 0.29) is 0 Å². The molecule has 14 heavy (non-hydrogen) atoms. The Morgan fingerprint density at radius 2 is 2.21 bits per heavy atom. The molecule has 1 aromatic carbocycles. The fourth-order valence-corrected chi connectivity index (χ4v) is 3.75. The van der Waals surface area contributed by atoms with Gasteiger partial charge < -0.3 is 0 Å². The Morgan fingerprint density at radius 1 is 1.36 bits per heavy atom. The molecule has 0 radical (unpaired) electrons. The van der Waals surface area contributed by atoms with Crippen molar-refractivity contribution in [3.05, 3.63) is 46.5 Å². The molecule has 0 nitrogen and oxygen atoms in total. The number of thioether (sulfide) groups is 1. The molecular weight excluding hydrogens is 212 g/mol. The molecular formula is C12H9ClS. The van der Waals surface area contributed by atoms with Crippen LogP contribution in [0, 0.1) is 0 Å². The van der Waals surface area contributed by atoms with Crippen molar-refractivity contribution in [1.82, 2.24) is 0 Å². The third-order valence-corrected chi connectivity index (χ3v) is 4.18. The second kappa shape index (κ2) is 2.91. The van der Waals surface area contributed by atoms with E-state index in [2.05, 4.69) is 25.1 Å². The number of allylic oxidation sites excluding steroid dienone is 2. The fraction of sp³-hybridized carbons (Fsp3) is 0.167. The summed E-state index contributed by atoms with van der Waals surface area (Å²) in [6.07, 6.45) is 4.55. The lowest BCUT2D eigenvalue weighted by molar-refractivity contribution is 1.42. The summed E-state index contributed by atoms with van der Waals surface area (Å²) in [5.74, 6) is 0. The van der Waals surface area contributed by atoms with E-state index in [0.29, 0.717) is 5.25 Å². The molecule has 70 valence electrons. The summed E-state index contributed by atoms with van der Waals surface area (Å²) in [7, 11) is 0. The van der Waals surface area contributed by atoms with Gasteiger partial charge in [0.2, 0.25) is 0 Å². The third kappa shape index (κ3) is 1.09. The number of hydrogen-bond donors (Lipinski definition) is 0. The van der Waals surface area contributed by atoms with Crippen LogP contribution in [0.2, 0.25) is 5.02 Å². The maximum absolute atomic E-state index is 6.21. The van der Waals surface area contributed by atoms with Gasteiger partial charge in [0.05, 0.1) is 5.25 Å². The SMILES string of the molecule is CC1=CC2Sc3cccc(Cl)c3C2=C1. The highest BCUT2D eigenvalue weighted by Crippen LogP contribution is 2.51. The Balaban J connectivity index is 2.22. The van der Waals surface area contributed by atoms with Gasteiger partial charge in [-0.1, -0.05) is 35.4 Å². The maximum Gasteiger partial charge on any atom is 0.0537 e. The van der Waals surface area contributed by atoms with Crippen LogP contribution >= 0.6 is 23.4 Å². The van der Waals surface area contributed by atoms with Crippen LogP contribution < -0.4 is 0 Å². The van der Waals surface area contributed by atoms with Crippen LogP contribution in [0.5, 0.6) is 0 Å². The molecule has 2 aliphatic rings. The zero-order valence-corrected chi connectivity index (χ0v) is 9.32. The van der Waals surface area contributed by atoms with Gasteiger partial charge in [0, 0.05) is 15.5 Å². The minimum Gasteiger partial charge on any atom is -0.113 e. The summed E-state index contributed by atoms with van der Waals surface area (Å²) in [5.41, 5.74) is 3.98. The lowest BCUT2D eigenvalue weighted by Gasteiger charge is -2.01. The Bertz CT molecular complexity index is 471. The largest absolute Gasteiger partial charge is 0.113 e. The molecule has 1 aliphatic heterocycles. The van der Waals surface area contributed by atoms with Crippen LogP contribution in [0.3, 0.4) is 0 Å². The van der Waals surface area contributed by atoms with E-state index in [4.69, 9.17) is 11.6 Å². The van der Waals surface area contributed by atoms with Gasteiger partial charge in [-0.05, 0) is 24.6 Å². The Hall–Kier alpha value is -0.660. The average Bonchev–Trinajstić information content (AvgIpc) is 2.60. The van der Waals surface area contributed by atoms with Crippen molar-refractivity contribution in [2.45, 2.75) is 17.1 Å². The minimum absolute atomic E-state index is 0.505. The normalized spacial score (nSPS) is 22.9. The van der Waals surface area contributed by atoms with Crippen LogP contribution in [0.4, 0.5) is 0 Å². The molecule has 0 saturated heterocycles. The molecule has 1 aromatic rings. The van der Waals surface area contributed by atoms with Crippen LogP contribution in [-0.2, 0) is 0 Å². The van der Waals surface area contributed by atoms with Gasteiger partial charge in [-0.15, -0.1) is 11.8 Å². The Labute approximate surface area is 92.7 Å². The standard InChI is InChI=1S/C12H9ClS/c1-7-5-8-11(6-7)14-10-4-2-3-9(13)12(8)10/h2-6,11H,1H3. The second-order valence-corrected chi connectivity index (χ2v) is 5.25. The van der Waals surface area contributed by atoms with Gasteiger partial charge in [0.1, 0.15) is 0 Å². The van der Waals surface area contributed by atoms with Crippen molar-refractivity contribution < 1.29 is 0 Å². The van der Waals surface area contributed by atoms with E-state index < -0.39 is 0 Å². The van der Waals surface area contributed by atoms with Crippen molar-refractivity contribution in [2.75, 3.05) is 0 Å². The number of benzene rings is 1. The highest BCUT2D eigenvalue weighted by Gasteiger charge is 2.30. The van der Waals surface area contributed by atoms with Gasteiger partial charge in [-0.2, -0.15) is 0 Å². The van der Waals surface area contributed by atoms with Gasteiger partial charge >= 0.3 is 0 Å². The second-order valence-electron chi connectivity index (χ2n) is 3.66. The van der Waals surface area contributed by atoms with E-state index in [1.165, 1.54) is 21.6 Å². The summed E-state index contributed by atoms with van der Waals surface area (Å²) in [6.45, 7) is 2.14. The van der Waals surface area contributed by atoms with Crippen LogP contribution in [0.1, 0.15) is 12.5 Å². The molecule has 1 aliphatic carbocycles. The number of hydrogen-bond acceptors (Lipinski definition) is 1. The summed E-state index contributed by atoms with van der Waals surface area (Å²) >= 11 is 8.10. The number of fused-ring (bicyclic) bond motifs is 3. The van der Waals surface area contributed by atoms with Crippen molar-refractivity contribution >= 4 is 28.9 Å². The van der Waals surface area contributed by atoms with Crippen molar-refractivity contribution in [2.24, 2.45) is 0 Å². The van der Waals surface area contributed by atoms with E-state index in [0.717, 1.165) is 5.02 Å². The van der Waals surface area contributed by atoms with Crippen molar-refractivity contribution in [3.63, 3.8) is 0 Å². The molecule has 0 fully saturated rings. The summed E-state index contributed by atoms with van der Waals surface area (Å²) in [5, 5.41) is 1.39. The zero-order valence-electron chi connectivity index (χ0n) is 7.75. The molecule has 0 N–H and O–H groups in total. The number of halogens is 1. The lowest BCUT2D eigenvalue weighted by atomic mass is 10.1. The Morgan fingerprint density at radius 3 is 3.07 bits per heavy atom. The van der Waals surface area contributed by atoms with E-state index in [1.54, 1.807) is 0 Å². The average molecular weight is 221 g/mol. The van der Waals surface area contributed by atoms with Crippen LogP contribution in [0.15, 0.2) is 40.8 Å². The van der Waals surface area contributed by atoms with Gasteiger partial charge in [-0.25, -0.2) is 0 Å². The summed E-state index contributed by atoms with van der Waals surface area (Å²) < 4.78 is 0. The molecule has 3 rings (SSSR count). The first kappa shape index (κ1) is 8.63. The molecule has 0 saturated carbocycles. The van der Waals surface area contributed by atoms with E-state index in [9.17, 15) is 0 Å². The quantitative estimate of drug-likeness (QED) is 0.633. The van der Waals surface area contributed by atoms with E-state index in [1.807, 2.05) is 23.9 Å². The summed E-state index contributed by atoms with van der Waals surface area (Å²) in [4.78, 5) is 1.32. The maximum atomic E-state index is 6.21. The van der Waals surface area contributed by atoms with E-state index >= 15 is 0 Å². The molecule has 1 heterocycles. The number of rotatable bonds is 0. The molecule has 1 atom stereocenters. The first-order valence-corrected chi connectivity index (χ1v) is 5.87. The predicted molar refractivity (Wildman–Crippen MR) is 62.8 cm³/mol. The first-order chi connectivity index (χ1) is 6.75. The minimum atomic E-state index is 0.505. The van der Waals surface area contributed by atoms with Gasteiger partial charge in [0.15, 0.2) is 0 Å². The summed E-state index contributed by atoms with van der Waals surface area (Å²) in [6, 6.07) is 6.14. The van der Waals surface area contributed by atoms with Crippen molar-refractivity contribution in [1.29, 1.82) is 0 Å². The van der Waals surface area contributed by atoms with Crippen molar-refractivity contribution in [3.8, 4) is 0 Å². The highest BCUT2D eigenvalue weighted by atomic mass is 35.5. The monoisotopic (exact) mass is 220 g/mol. The Kier molecular flexibility index (Phi) is 1.80. The molecule has 0 bridgehead atoms. The van der Waals surface area contributed by atoms with Gasteiger partial charge in [0.25, 0.3) is 0 Å². The molecule has 0 aromatic heterocycles. The van der Waals surface area contributed by atoms with Crippen LogP contribution in [0.25, 0.3) is 5.57 Å². The van der Waals surface area contributed by atoms with Crippen LogP contribution in [-0.4, -0.2) is 5.25 Å². The third-order valence-electron chi connectivity index (χ3n) is 2.62. The highest BCUT2D eigenvalue weighted by molar-refractivity contribution is 8.01. The molecule has 1 unspecified atom stereocenters. The lowest BCUT2D eigenvalue weighted by Crippen LogP contribution is -1.89. The molecule has 0 spiro atoms. The molecule has 0 amide bonds. The smallest absolute Gasteiger partial charge is 0.0537 e. The fourth-order valence-electron chi connectivity index (χ4n) is 2.04. The predicted octanol–water partition coefficient (Wildman–Crippen LogP) is 4.16. The first-order valence-electron chi connectivity index (χ1n) is 4.61. The zero-order chi connectivity index (χ0) is 9.71. The molecule has 2 heteroatoms. The topological polar surface area (TPSA) is 0 Å².